The zero-order valence-electron chi connectivity index (χ0n) is 13.8. The second kappa shape index (κ2) is 7.30. The molecule has 1 aliphatic heterocycles. The third kappa shape index (κ3) is 3.82. The summed E-state index contributed by atoms with van der Waals surface area (Å²) in [7, 11) is 0. The number of carbonyl (C=O) groups is 2. The Balaban J connectivity index is 1.69. The van der Waals surface area contributed by atoms with Gasteiger partial charge in [-0.2, -0.15) is 0 Å². The molecule has 124 valence electrons. The van der Waals surface area contributed by atoms with Crippen molar-refractivity contribution in [1.29, 1.82) is 0 Å². The Kier molecular flexibility index (Phi) is 4.94. The Morgan fingerprint density at radius 3 is 2.29 bits per heavy atom. The van der Waals surface area contributed by atoms with Crippen LogP contribution < -0.4 is 10.6 Å². The van der Waals surface area contributed by atoms with Crippen LogP contribution in [-0.4, -0.2) is 24.4 Å². The standard InChI is InChI=1S/C20H22N2O2/c1-14-5-7-15(8-6-14)16-9-11-17(12-10-16)19(23)22-18-4-2-3-13-21-20(18)24/h5-12,18H,2-4,13H2,1H3,(H,21,24)(H,22,23). The number of nitrogens with one attached hydrogen (secondary N) is 2. The van der Waals surface area contributed by atoms with Crippen LogP contribution in [0.15, 0.2) is 48.5 Å². The summed E-state index contributed by atoms with van der Waals surface area (Å²) < 4.78 is 0. The van der Waals surface area contributed by atoms with Crippen molar-refractivity contribution in [3.05, 3.63) is 59.7 Å². The summed E-state index contributed by atoms with van der Waals surface area (Å²) >= 11 is 0. The molecule has 4 nitrogen and oxygen atoms in total. The minimum Gasteiger partial charge on any atom is -0.354 e. The lowest BCUT2D eigenvalue weighted by Gasteiger charge is -2.15. The summed E-state index contributed by atoms with van der Waals surface area (Å²) in [6.07, 6.45) is 2.60. The Morgan fingerprint density at radius 1 is 1.00 bits per heavy atom. The predicted octanol–water partition coefficient (Wildman–Crippen LogP) is 3.06. The quantitative estimate of drug-likeness (QED) is 0.912. The number of aryl methyl sites for hydroxylation is 1. The number of rotatable bonds is 3. The number of carbonyl (C=O) groups excluding carboxylic acids is 2. The molecule has 1 atom stereocenters. The zero-order chi connectivity index (χ0) is 16.9. The van der Waals surface area contributed by atoms with Gasteiger partial charge < -0.3 is 10.6 Å². The maximum atomic E-state index is 12.4. The molecule has 0 aromatic heterocycles. The van der Waals surface area contributed by atoms with E-state index in [1.54, 1.807) is 12.1 Å². The topological polar surface area (TPSA) is 58.2 Å². The summed E-state index contributed by atoms with van der Waals surface area (Å²) in [6, 6.07) is 15.3. The van der Waals surface area contributed by atoms with Gasteiger partial charge >= 0.3 is 0 Å². The van der Waals surface area contributed by atoms with Crippen molar-refractivity contribution in [2.45, 2.75) is 32.2 Å². The molecule has 3 rings (SSSR count). The minimum absolute atomic E-state index is 0.0860. The van der Waals surface area contributed by atoms with E-state index in [0.29, 0.717) is 18.5 Å². The van der Waals surface area contributed by atoms with Gasteiger partial charge in [-0.15, -0.1) is 0 Å². The van der Waals surface area contributed by atoms with Crippen LogP contribution in [0, 0.1) is 6.92 Å². The van der Waals surface area contributed by atoms with Gasteiger partial charge in [0.1, 0.15) is 6.04 Å². The summed E-state index contributed by atoms with van der Waals surface area (Å²) in [6.45, 7) is 2.75. The van der Waals surface area contributed by atoms with Gasteiger partial charge in [-0.1, -0.05) is 42.0 Å². The minimum atomic E-state index is -0.434. The summed E-state index contributed by atoms with van der Waals surface area (Å²) in [4.78, 5) is 24.3. The Bertz CT molecular complexity index is 720. The first kappa shape index (κ1) is 16.2. The van der Waals surface area contributed by atoms with E-state index in [-0.39, 0.29) is 11.8 Å². The largest absolute Gasteiger partial charge is 0.354 e. The SMILES string of the molecule is Cc1ccc(-c2ccc(C(=O)NC3CCCCNC3=O)cc2)cc1. The maximum Gasteiger partial charge on any atom is 0.251 e. The molecule has 2 amide bonds. The van der Waals surface area contributed by atoms with Crippen LogP contribution >= 0.6 is 0 Å². The summed E-state index contributed by atoms with van der Waals surface area (Å²) in [5.74, 6) is -0.287. The molecule has 2 aromatic rings. The predicted molar refractivity (Wildman–Crippen MR) is 94.7 cm³/mol. The number of hydrogen-bond acceptors (Lipinski definition) is 2. The van der Waals surface area contributed by atoms with E-state index in [2.05, 4.69) is 41.8 Å². The van der Waals surface area contributed by atoms with Gasteiger partial charge in [0.15, 0.2) is 0 Å². The van der Waals surface area contributed by atoms with Crippen molar-refractivity contribution in [1.82, 2.24) is 10.6 Å². The van der Waals surface area contributed by atoms with E-state index in [1.165, 1.54) is 5.56 Å². The molecule has 4 heteroatoms. The highest BCUT2D eigenvalue weighted by molar-refractivity contribution is 5.97. The van der Waals surface area contributed by atoms with Crippen molar-refractivity contribution >= 4 is 11.8 Å². The molecule has 0 aliphatic carbocycles. The first-order valence-corrected chi connectivity index (χ1v) is 8.39. The second-order valence-corrected chi connectivity index (χ2v) is 6.26. The first-order chi connectivity index (χ1) is 11.6. The fourth-order valence-corrected chi connectivity index (χ4v) is 2.88. The smallest absolute Gasteiger partial charge is 0.251 e. The highest BCUT2D eigenvalue weighted by Crippen LogP contribution is 2.20. The van der Waals surface area contributed by atoms with E-state index in [1.807, 2.05) is 12.1 Å². The molecule has 24 heavy (non-hydrogen) atoms. The molecule has 0 radical (unpaired) electrons. The highest BCUT2D eigenvalue weighted by atomic mass is 16.2. The van der Waals surface area contributed by atoms with Gasteiger partial charge in [-0.25, -0.2) is 0 Å². The number of amides is 2. The van der Waals surface area contributed by atoms with Crippen molar-refractivity contribution in [2.24, 2.45) is 0 Å². The lowest BCUT2D eigenvalue weighted by Crippen LogP contribution is -2.45. The van der Waals surface area contributed by atoms with Crippen LogP contribution in [0.2, 0.25) is 0 Å². The Labute approximate surface area is 142 Å². The average molecular weight is 322 g/mol. The Hall–Kier alpha value is -2.62. The molecular formula is C20H22N2O2. The molecule has 0 spiro atoms. The maximum absolute atomic E-state index is 12.4. The van der Waals surface area contributed by atoms with Crippen LogP contribution in [0.25, 0.3) is 11.1 Å². The molecule has 0 saturated carbocycles. The normalized spacial score (nSPS) is 17.7. The third-order valence-electron chi connectivity index (χ3n) is 4.37. The van der Waals surface area contributed by atoms with Gasteiger partial charge in [0, 0.05) is 12.1 Å². The molecule has 1 unspecified atom stereocenters. The van der Waals surface area contributed by atoms with Crippen molar-refractivity contribution in [3.8, 4) is 11.1 Å². The van der Waals surface area contributed by atoms with E-state index >= 15 is 0 Å². The molecule has 1 fully saturated rings. The van der Waals surface area contributed by atoms with Crippen LogP contribution in [0.1, 0.15) is 35.2 Å². The molecule has 0 bridgehead atoms. The van der Waals surface area contributed by atoms with Gasteiger partial charge in [-0.3, -0.25) is 9.59 Å². The average Bonchev–Trinajstić information content (AvgIpc) is 2.80. The number of benzene rings is 2. The fraction of sp³-hybridized carbons (Fsp3) is 0.300. The van der Waals surface area contributed by atoms with Crippen LogP contribution in [-0.2, 0) is 4.79 Å². The number of hydrogen-bond donors (Lipinski definition) is 2. The summed E-state index contributed by atoms with van der Waals surface area (Å²) in [5, 5.41) is 5.67. The molecule has 1 saturated heterocycles. The van der Waals surface area contributed by atoms with Crippen LogP contribution in [0.5, 0.6) is 0 Å². The van der Waals surface area contributed by atoms with Gasteiger partial charge in [0.2, 0.25) is 5.91 Å². The molecule has 2 N–H and O–H groups in total. The third-order valence-corrected chi connectivity index (χ3v) is 4.37. The summed E-state index contributed by atoms with van der Waals surface area (Å²) in [5.41, 5.74) is 3.98. The van der Waals surface area contributed by atoms with Gasteiger partial charge in [0.05, 0.1) is 0 Å². The van der Waals surface area contributed by atoms with Gasteiger partial charge in [-0.05, 0) is 49.4 Å². The molecular weight excluding hydrogens is 300 g/mol. The van der Waals surface area contributed by atoms with E-state index in [9.17, 15) is 9.59 Å². The second-order valence-electron chi connectivity index (χ2n) is 6.26. The van der Waals surface area contributed by atoms with Crippen molar-refractivity contribution in [2.75, 3.05) is 6.54 Å². The monoisotopic (exact) mass is 322 g/mol. The lowest BCUT2D eigenvalue weighted by molar-refractivity contribution is -0.122. The lowest BCUT2D eigenvalue weighted by atomic mass is 10.0. The molecule has 1 heterocycles. The highest BCUT2D eigenvalue weighted by Gasteiger charge is 2.22. The Morgan fingerprint density at radius 2 is 1.62 bits per heavy atom. The first-order valence-electron chi connectivity index (χ1n) is 8.39. The van der Waals surface area contributed by atoms with E-state index in [0.717, 1.165) is 24.0 Å². The van der Waals surface area contributed by atoms with E-state index < -0.39 is 6.04 Å². The van der Waals surface area contributed by atoms with Crippen LogP contribution in [0.3, 0.4) is 0 Å². The zero-order valence-corrected chi connectivity index (χ0v) is 13.8. The van der Waals surface area contributed by atoms with Crippen molar-refractivity contribution in [3.63, 3.8) is 0 Å². The van der Waals surface area contributed by atoms with Crippen molar-refractivity contribution < 1.29 is 9.59 Å². The van der Waals surface area contributed by atoms with Crippen LogP contribution in [0.4, 0.5) is 0 Å². The fourth-order valence-electron chi connectivity index (χ4n) is 2.88. The van der Waals surface area contributed by atoms with Gasteiger partial charge in [0.25, 0.3) is 5.91 Å². The molecule has 1 aliphatic rings. The molecule has 2 aromatic carbocycles. The van der Waals surface area contributed by atoms with E-state index in [4.69, 9.17) is 0 Å².